The van der Waals surface area contributed by atoms with Crippen LogP contribution in [0.5, 0.6) is 0 Å². The average Bonchev–Trinajstić information content (AvgIpc) is 3.29. The molecule has 0 saturated carbocycles. The summed E-state index contributed by atoms with van der Waals surface area (Å²) in [7, 11) is -3.44. The Morgan fingerprint density at radius 3 is 2.29 bits per heavy atom. The van der Waals surface area contributed by atoms with Crippen molar-refractivity contribution in [3.05, 3.63) is 76.5 Å². The first-order chi connectivity index (χ1) is 14.7. The molecule has 1 aliphatic heterocycles. The zero-order valence-electron chi connectivity index (χ0n) is 16.7. The van der Waals surface area contributed by atoms with Crippen LogP contribution in [-0.2, 0) is 22.6 Å². The number of nitrogens with zero attached hydrogens (tertiary/aromatic N) is 1. The summed E-state index contributed by atoms with van der Waals surface area (Å²) in [5, 5.41) is 3.52. The molecule has 0 amide bonds. The van der Waals surface area contributed by atoms with Crippen LogP contribution in [0.15, 0.2) is 70.3 Å². The van der Waals surface area contributed by atoms with Crippen LogP contribution in [0.1, 0.15) is 24.0 Å². The summed E-state index contributed by atoms with van der Waals surface area (Å²) in [6.07, 6.45) is -3.43. The first kappa shape index (κ1) is 22.0. The molecule has 2 aromatic carbocycles. The van der Waals surface area contributed by atoms with Crippen molar-refractivity contribution in [2.45, 2.75) is 35.7 Å². The fraction of sp³-hybridized carbons (Fsp3) is 0.304. The molecular weight excluding hydrogens is 443 g/mol. The number of likely N-dealkylation sites (tertiary alicyclic amines) is 1. The Morgan fingerprint density at radius 1 is 0.968 bits per heavy atom. The number of hydrogen-bond acceptors (Lipinski definition) is 4. The Morgan fingerprint density at radius 2 is 1.68 bits per heavy atom. The number of halogens is 3. The Kier molecular flexibility index (Phi) is 6.23. The van der Waals surface area contributed by atoms with Gasteiger partial charge in [-0.15, -0.1) is 0 Å². The minimum Gasteiger partial charge on any atom is -0.299 e. The summed E-state index contributed by atoms with van der Waals surface area (Å²) in [6.45, 7) is 1.45. The number of hydrogen-bond donors (Lipinski definition) is 0. The van der Waals surface area contributed by atoms with Gasteiger partial charge in [0.2, 0.25) is 0 Å². The summed E-state index contributed by atoms with van der Waals surface area (Å²) in [6, 6.07) is 14.3. The first-order valence-electron chi connectivity index (χ1n) is 9.98. The third kappa shape index (κ3) is 5.02. The van der Waals surface area contributed by atoms with Gasteiger partial charge < -0.3 is 0 Å². The summed E-state index contributed by atoms with van der Waals surface area (Å²) in [5.41, 5.74) is 1.97. The van der Waals surface area contributed by atoms with Gasteiger partial charge in [0, 0.05) is 6.54 Å². The molecule has 0 unspecified atom stereocenters. The van der Waals surface area contributed by atoms with Crippen LogP contribution in [-0.4, -0.2) is 31.7 Å². The van der Waals surface area contributed by atoms with E-state index in [0.29, 0.717) is 42.9 Å². The predicted molar refractivity (Wildman–Crippen MR) is 117 cm³/mol. The number of rotatable bonds is 5. The van der Waals surface area contributed by atoms with E-state index < -0.39 is 26.8 Å². The molecule has 164 valence electrons. The second kappa shape index (κ2) is 8.76. The van der Waals surface area contributed by atoms with E-state index in [1.165, 1.54) is 6.07 Å². The van der Waals surface area contributed by atoms with Gasteiger partial charge in [0.05, 0.1) is 15.7 Å². The van der Waals surface area contributed by atoms with Gasteiger partial charge in [-0.1, -0.05) is 30.3 Å². The molecule has 0 spiro atoms. The first-order valence-corrected chi connectivity index (χ1v) is 12.5. The number of alkyl halides is 3. The molecule has 1 aliphatic rings. The number of sulfone groups is 1. The molecule has 1 saturated heterocycles. The van der Waals surface area contributed by atoms with Gasteiger partial charge in [0.25, 0.3) is 0 Å². The molecule has 1 fully saturated rings. The maximum atomic E-state index is 13.1. The summed E-state index contributed by atoms with van der Waals surface area (Å²) >= 11 is 1.59. The van der Waals surface area contributed by atoms with Crippen LogP contribution in [0.3, 0.4) is 0 Å². The highest BCUT2D eigenvalue weighted by Crippen LogP contribution is 2.31. The lowest BCUT2D eigenvalue weighted by molar-refractivity contribution is -0.137. The van der Waals surface area contributed by atoms with Crippen molar-refractivity contribution in [3.63, 3.8) is 0 Å². The Hall–Kier alpha value is -2.16. The van der Waals surface area contributed by atoms with Crippen molar-refractivity contribution in [1.82, 2.24) is 4.90 Å². The minimum absolute atomic E-state index is 0.322. The number of thiophene rings is 1. The molecule has 0 atom stereocenters. The van der Waals surface area contributed by atoms with Crippen LogP contribution in [0.4, 0.5) is 13.2 Å². The molecule has 0 N–H and O–H groups in total. The smallest absolute Gasteiger partial charge is 0.299 e. The summed E-state index contributed by atoms with van der Waals surface area (Å²) in [5.74, 6) is 0. The number of benzene rings is 2. The van der Waals surface area contributed by atoms with E-state index in [4.69, 9.17) is 0 Å². The van der Waals surface area contributed by atoms with E-state index in [2.05, 4.69) is 0 Å². The van der Waals surface area contributed by atoms with Gasteiger partial charge in [0.15, 0.2) is 9.84 Å². The highest BCUT2D eigenvalue weighted by Gasteiger charge is 2.32. The fourth-order valence-electron chi connectivity index (χ4n) is 3.94. The van der Waals surface area contributed by atoms with Gasteiger partial charge >= 0.3 is 6.18 Å². The molecule has 0 bridgehead atoms. The van der Waals surface area contributed by atoms with Crippen molar-refractivity contribution in [2.75, 3.05) is 13.1 Å². The van der Waals surface area contributed by atoms with Gasteiger partial charge in [-0.3, -0.25) is 4.90 Å². The number of piperidine rings is 1. The van der Waals surface area contributed by atoms with E-state index >= 15 is 0 Å². The molecule has 0 aliphatic carbocycles. The third-order valence-electron chi connectivity index (χ3n) is 5.67. The Balaban J connectivity index is 1.39. The molecular formula is C23H22F3NO2S2. The highest BCUT2D eigenvalue weighted by atomic mass is 32.2. The Bertz CT molecular complexity index is 1120. The molecule has 3 nitrogen and oxygen atoms in total. The van der Waals surface area contributed by atoms with E-state index in [1.807, 2.05) is 33.9 Å². The largest absolute Gasteiger partial charge is 0.416 e. The van der Waals surface area contributed by atoms with E-state index in [0.717, 1.165) is 23.3 Å². The van der Waals surface area contributed by atoms with Gasteiger partial charge in [0.1, 0.15) is 0 Å². The molecule has 3 aromatic rings. The summed E-state index contributed by atoms with van der Waals surface area (Å²) in [4.78, 5) is 2.34. The lowest BCUT2D eigenvalue weighted by atomic mass is 10.1. The van der Waals surface area contributed by atoms with Crippen LogP contribution in [0.2, 0.25) is 0 Å². The van der Waals surface area contributed by atoms with Crippen molar-refractivity contribution in [1.29, 1.82) is 0 Å². The zero-order valence-corrected chi connectivity index (χ0v) is 18.3. The lowest BCUT2D eigenvalue weighted by Gasteiger charge is -2.31. The molecule has 2 heterocycles. The highest BCUT2D eigenvalue weighted by molar-refractivity contribution is 7.92. The normalized spacial score (nSPS) is 16.5. The topological polar surface area (TPSA) is 37.4 Å². The molecule has 4 rings (SSSR count). The van der Waals surface area contributed by atoms with Gasteiger partial charge in [-0.2, -0.15) is 24.5 Å². The quantitative estimate of drug-likeness (QED) is 0.473. The monoisotopic (exact) mass is 465 g/mol. The van der Waals surface area contributed by atoms with Crippen molar-refractivity contribution in [3.8, 4) is 11.1 Å². The lowest BCUT2D eigenvalue weighted by Crippen LogP contribution is -2.38. The SMILES string of the molecule is O=S(=O)(c1ccc(-c2ccsc2)cc1)C1CCN(Cc2cccc(C(F)(F)F)c2)CC1. The van der Waals surface area contributed by atoms with Crippen LogP contribution >= 0.6 is 11.3 Å². The second-order valence-electron chi connectivity index (χ2n) is 7.76. The van der Waals surface area contributed by atoms with Crippen LogP contribution in [0.25, 0.3) is 11.1 Å². The third-order valence-corrected chi connectivity index (χ3v) is 8.63. The van der Waals surface area contributed by atoms with E-state index in [1.54, 1.807) is 29.5 Å². The maximum Gasteiger partial charge on any atom is 0.416 e. The van der Waals surface area contributed by atoms with Crippen molar-refractivity contribution < 1.29 is 21.6 Å². The van der Waals surface area contributed by atoms with Crippen LogP contribution in [0, 0.1) is 0 Å². The van der Waals surface area contributed by atoms with Crippen molar-refractivity contribution >= 4 is 21.2 Å². The average molecular weight is 466 g/mol. The van der Waals surface area contributed by atoms with Gasteiger partial charge in [-0.05, 0) is 77.6 Å². The van der Waals surface area contributed by atoms with Crippen LogP contribution < -0.4 is 0 Å². The predicted octanol–water partition coefficient (Wildman–Crippen LogP) is 5.87. The second-order valence-corrected chi connectivity index (χ2v) is 10.8. The molecule has 0 radical (unpaired) electrons. The van der Waals surface area contributed by atoms with E-state index in [-0.39, 0.29) is 0 Å². The molecule has 1 aromatic heterocycles. The maximum absolute atomic E-state index is 13.1. The molecule has 31 heavy (non-hydrogen) atoms. The molecule has 8 heteroatoms. The summed E-state index contributed by atoms with van der Waals surface area (Å²) < 4.78 is 64.9. The fourth-order valence-corrected chi connectivity index (χ4v) is 6.34. The standard InChI is InChI=1S/C23H22F3NO2S2/c24-23(25,26)20-3-1-2-17(14-20)15-27-11-8-22(9-12-27)31(28,29)21-6-4-18(5-7-21)19-10-13-30-16-19/h1-7,10,13-14,16,22H,8-9,11-12,15H2. The zero-order chi connectivity index (χ0) is 22.1. The van der Waals surface area contributed by atoms with Gasteiger partial charge in [-0.25, -0.2) is 8.42 Å². The minimum atomic E-state index is -4.37. The Labute approximate surface area is 184 Å². The van der Waals surface area contributed by atoms with Crippen molar-refractivity contribution in [2.24, 2.45) is 0 Å². The van der Waals surface area contributed by atoms with E-state index in [9.17, 15) is 21.6 Å².